The molecule has 144 valence electrons. The van der Waals surface area contributed by atoms with Gasteiger partial charge in [0.1, 0.15) is 18.1 Å². The summed E-state index contributed by atoms with van der Waals surface area (Å²) in [6.45, 7) is 2.20. The molecule has 27 heavy (non-hydrogen) atoms. The largest absolute Gasteiger partial charge is 0.497 e. The first-order valence-corrected chi connectivity index (χ1v) is 9.45. The maximum Gasteiger partial charge on any atom is 0.253 e. The van der Waals surface area contributed by atoms with Crippen molar-refractivity contribution < 1.29 is 19.4 Å². The first-order chi connectivity index (χ1) is 13.2. The number of aliphatic hydroxyl groups excluding tert-OH is 1. The minimum Gasteiger partial charge on any atom is -0.497 e. The van der Waals surface area contributed by atoms with Crippen LogP contribution >= 0.6 is 0 Å². The summed E-state index contributed by atoms with van der Waals surface area (Å²) in [6.07, 6.45) is 2.77. The van der Waals surface area contributed by atoms with E-state index in [1.807, 2.05) is 53.4 Å². The normalized spacial score (nSPS) is 14.8. The Kier molecular flexibility index (Phi) is 6.71. The predicted molar refractivity (Wildman–Crippen MR) is 104 cm³/mol. The number of amides is 1. The maximum absolute atomic E-state index is 12.6. The SMILES string of the molecule is COc1cccc(COc2ccc(C(=O)N3CCC(CCO)CC3)cc2)c1. The highest BCUT2D eigenvalue weighted by Crippen LogP contribution is 2.22. The molecule has 0 aliphatic carbocycles. The molecule has 0 aromatic heterocycles. The van der Waals surface area contributed by atoms with Crippen LogP contribution in [0.15, 0.2) is 48.5 Å². The molecule has 3 rings (SSSR count). The first-order valence-electron chi connectivity index (χ1n) is 9.45. The number of carbonyl (C=O) groups is 1. The van der Waals surface area contributed by atoms with Crippen molar-refractivity contribution in [3.8, 4) is 11.5 Å². The predicted octanol–water partition coefficient (Wildman–Crippen LogP) is 3.51. The van der Waals surface area contributed by atoms with Crippen LogP contribution in [0.1, 0.15) is 35.2 Å². The van der Waals surface area contributed by atoms with Crippen molar-refractivity contribution in [1.29, 1.82) is 0 Å². The van der Waals surface area contributed by atoms with Gasteiger partial charge in [0.25, 0.3) is 5.91 Å². The van der Waals surface area contributed by atoms with Gasteiger partial charge in [-0.15, -0.1) is 0 Å². The van der Waals surface area contributed by atoms with Crippen LogP contribution in [0.3, 0.4) is 0 Å². The fourth-order valence-electron chi connectivity index (χ4n) is 3.41. The fraction of sp³-hybridized carbons (Fsp3) is 0.409. The van der Waals surface area contributed by atoms with E-state index in [1.165, 1.54) is 0 Å². The number of rotatable bonds is 7. The average molecular weight is 369 g/mol. The Morgan fingerprint density at radius 1 is 1.11 bits per heavy atom. The molecule has 0 spiro atoms. The van der Waals surface area contributed by atoms with E-state index in [2.05, 4.69) is 0 Å². The van der Waals surface area contributed by atoms with Gasteiger partial charge in [0, 0.05) is 25.3 Å². The van der Waals surface area contributed by atoms with Crippen molar-refractivity contribution in [2.24, 2.45) is 5.92 Å². The number of carbonyl (C=O) groups excluding carboxylic acids is 1. The smallest absolute Gasteiger partial charge is 0.253 e. The lowest BCUT2D eigenvalue weighted by Gasteiger charge is -2.31. The average Bonchev–Trinajstić information content (AvgIpc) is 2.73. The number of likely N-dealkylation sites (tertiary alicyclic amines) is 1. The molecule has 1 aliphatic rings. The molecule has 1 aliphatic heterocycles. The molecule has 1 amide bonds. The summed E-state index contributed by atoms with van der Waals surface area (Å²) in [4.78, 5) is 14.6. The third-order valence-corrected chi connectivity index (χ3v) is 5.08. The summed E-state index contributed by atoms with van der Waals surface area (Å²) in [5, 5.41) is 9.04. The Morgan fingerprint density at radius 2 is 1.85 bits per heavy atom. The summed E-state index contributed by atoms with van der Waals surface area (Å²) in [6, 6.07) is 15.1. The Hall–Kier alpha value is -2.53. The third kappa shape index (κ3) is 5.23. The number of hydrogen-bond donors (Lipinski definition) is 1. The fourth-order valence-corrected chi connectivity index (χ4v) is 3.41. The van der Waals surface area contributed by atoms with E-state index in [9.17, 15) is 4.79 Å². The van der Waals surface area contributed by atoms with E-state index in [0.29, 0.717) is 18.1 Å². The minimum absolute atomic E-state index is 0.0665. The van der Waals surface area contributed by atoms with Crippen molar-refractivity contribution in [2.45, 2.75) is 25.9 Å². The van der Waals surface area contributed by atoms with Gasteiger partial charge in [0.15, 0.2) is 0 Å². The highest BCUT2D eigenvalue weighted by Gasteiger charge is 2.23. The molecule has 5 nitrogen and oxygen atoms in total. The Morgan fingerprint density at radius 3 is 2.52 bits per heavy atom. The lowest BCUT2D eigenvalue weighted by molar-refractivity contribution is 0.0678. The van der Waals surface area contributed by atoms with Gasteiger partial charge in [-0.3, -0.25) is 4.79 Å². The van der Waals surface area contributed by atoms with Gasteiger partial charge >= 0.3 is 0 Å². The molecule has 0 atom stereocenters. The van der Waals surface area contributed by atoms with Crippen LogP contribution in [0.2, 0.25) is 0 Å². The monoisotopic (exact) mass is 369 g/mol. The number of ether oxygens (including phenoxy) is 2. The first kappa shape index (κ1) is 19.2. The zero-order valence-electron chi connectivity index (χ0n) is 15.8. The number of piperidine rings is 1. The zero-order valence-corrected chi connectivity index (χ0v) is 15.8. The minimum atomic E-state index is 0.0665. The van der Waals surface area contributed by atoms with Gasteiger partial charge in [-0.05, 0) is 67.1 Å². The van der Waals surface area contributed by atoms with E-state index in [0.717, 1.165) is 49.4 Å². The molecule has 5 heteroatoms. The lowest BCUT2D eigenvalue weighted by atomic mass is 9.93. The number of methoxy groups -OCH3 is 1. The van der Waals surface area contributed by atoms with Gasteiger partial charge in [-0.2, -0.15) is 0 Å². The second kappa shape index (κ2) is 9.42. The van der Waals surface area contributed by atoms with E-state index >= 15 is 0 Å². The Balaban J connectivity index is 1.53. The van der Waals surface area contributed by atoms with Crippen LogP contribution in [0, 0.1) is 5.92 Å². The molecule has 0 radical (unpaired) electrons. The second-order valence-corrected chi connectivity index (χ2v) is 6.91. The molecule has 1 N–H and O–H groups in total. The number of nitrogens with zero attached hydrogens (tertiary/aromatic N) is 1. The van der Waals surface area contributed by atoms with Crippen molar-refractivity contribution in [1.82, 2.24) is 4.90 Å². The van der Waals surface area contributed by atoms with Crippen LogP contribution in [0.25, 0.3) is 0 Å². The van der Waals surface area contributed by atoms with Crippen LogP contribution in [-0.2, 0) is 6.61 Å². The zero-order chi connectivity index (χ0) is 19.1. The Bertz CT molecular complexity index is 736. The summed E-state index contributed by atoms with van der Waals surface area (Å²) in [5.41, 5.74) is 1.71. The quantitative estimate of drug-likeness (QED) is 0.811. The molecular weight excluding hydrogens is 342 g/mol. The van der Waals surface area contributed by atoms with Crippen LogP contribution in [0.4, 0.5) is 0 Å². The van der Waals surface area contributed by atoms with Gasteiger partial charge in [-0.25, -0.2) is 0 Å². The molecule has 0 bridgehead atoms. The lowest BCUT2D eigenvalue weighted by Crippen LogP contribution is -2.38. The van der Waals surface area contributed by atoms with Crippen molar-refractivity contribution in [3.63, 3.8) is 0 Å². The standard InChI is InChI=1S/C22H27NO4/c1-26-21-4-2-3-18(15-21)16-27-20-7-5-19(6-8-20)22(25)23-12-9-17(10-13-23)11-14-24/h2-8,15,17,24H,9-14,16H2,1H3. The topological polar surface area (TPSA) is 59.0 Å². The van der Waals surface area contributed by atoms with Crippen LogP contribution < -0.4 is 9.47 Å². The van der Waals surface area contributed by atoms with Gasteiger partial charge in [-0.1, -0.05) is 12.1 Å². The second-order valence-electron chi connectivity index (χ2n) is 6.91. The third-order valence-electron chi connectivity index (χ3n) is 5.08. The highest BCUT2D eigenvalue weighted by molar-refractivity contribution is 5.94. The highest BCUT2D eigenvalue weighted by atomic mass is 16.5. The van der Waals surface area contributed by atoms with E-state index < -0.39 is 0 Å². The molecule has 1 saturated heterocycles. The van der Waals surface area contributed by atoms with Gasteiger partial charge in [0.2, 0.25) is 0 Å². The summed E-state index contributed by atoms with van der Waals surface area (Å²) < 4.78 is 11.0. The van der Waals surface area contributed by atoms with E-state index in [-0.39, 0.29) is 12.5 Å². The maximum atomic E-state index is 12.6. The molecule has 1 fully saturated rings. The number of benzene rings is 2. The van der Waals surface area contributed by atoms with Crippen LogP contribution in [0.5, 0.6) is 11.5 Å². The van der Waals surface area contributed by atoms with Gasteiger partial charge in [0.05, 0.1) is 7.11 Å². The molecule has 0 unspecified atom stereocenters. The molecule has 1 heterocycles. The summed E-state index contributed by atoms with van der Waals surface area (Å²) in [7, 11) is 1.64. The van der Waals surface area contributed by atoms with Crippen LogP contribution in [-0.4, -0.2) is 42.7 Å². The molecule has 2 aromatic carbocycles. The molecule has 2 aromatic rings. The Labute approximate surface area is 160 Å². The summed E-state index contributed by atoms with van der Waals surface area (Å²) in [5.74, 6) is 2.14. The molecular formula is C22H27NO4. The van der Waals surface area contributed by atoms with Crippen molar-refractivity contribution in [2.75, 3.05) is 26.8 Å². The number of hydrogen-bond acceptors (Lipinski definition) is 4. The van der Waals surface area contributed by atoms with E-state index in [1.54, 1.807) is 7.11 Å². The molecule has 0 saturated carbocycles. The summed E-state index contributed by atoms with van der Waals surface area (Å²) >= 11 is 0. The van der Waals surface area contributed by atoms with Gasteiger partial charge < -0.3 is 19.5 Å². The number of aliphatic hydroxyl groups is 1. The van der Waals surface area contributed by atoms with Crippen molar-refractivity contribution in [3.05, 3.63) is 59.7 Å². The van der Waals surface area contributed by atoms with E-state index in [4.69, 9.17) is 14.6 Å². The van der Waals surface area contributed by atoms with Crippen molar-refractivity contribution >= 4 is 5.91 Å².